The largest absolute Gasteiger partial charge is 0.363 e. The van der Waals surface area contributed by atoms with E-state index in [1.165, 1.54) is 0 Å². The van der Waals surface area contributed by atoms with Gasteiger partial charge in [-0.05, 0) is 66.9 Å². The summed E-state index contributed by atoms with van der Waals surface area (Å²) in [4.78, 5) is 15.5. The number of likely N-dealkylation sites (tertiary alicyclic amines) is 1. The van der Waals surface area contributed by atoms with Crippen molar-refractivity contribution in [2.24, 2.45) is 0 Å². The molecule has 0 spiro atoms. The summed E-state index contributed by atoms with van der Waals surface area (Å²) in [6, 6.07) is 16.3. The van der Waals surface area contributed by atoms with Crippen molar-refractivity contribution in [3.8, 4) is 0 Å². The van der Waals surface area contributed by atoms with Gasteiger partial charge in [0.2, 0.25) is 0 Å². The number of Topliss-reactive ketones (excluding diaryl/α,β-unsaturated/α-hetero) is 1. The number of carbonyl (C=O) groups is 1. The number of unbranched alkanes of at least 4 members (excludes halogenated alkanes) is 1. The normalized spacial score (nSPS) is 16.9. The minimum absolute atomic E-state index is 0.106. The quantitative estimate of drug-likeness (QED) is 0.404. The van der Waals surface area contributed by atoms with Gasteiger partial charge in [-0.1, -0.05) is 61.9 Å². The average molecular weight is 419 g/mol. The molecule has 156 valence electrons. The Morgan fingerprint density at radius 1 is 0.967 bits per heavy atom. The molecule has 2 aromatic carbocycles. The first-order valence-corrected chi connectivity index (χ1v) is 11.0. The average Bonchev–Trinajstić information content (AvgIpc) is 2.74. The van der Waals surface area contributed by atoms with E-state index < -0.39 is 0 Å². The highest BCUT2D eigenvalue weighted by atomic mass is 32.1. The van der Waals surface area contributed by atoms with Gasteiger partial charge >= 0.3 is 0 Å². The molecule has 0 aliphatic carbocycles. The molecule has 0 aromatic heterocycles. The SMILES string of the molecule is CCCCNC(=S)N1C/C(=C\c2ccccc2C)C(=O)/C(=C/c2ccccc2C)C1. The van der Waals surface area contributed by atoms with Crippen LogP contribution in [0.4, 0.5) is 0 Å². The number of ketones is 1. The second-order valence-corrected chi connectivity index (χ2v) is 8.21. The van der Waals surface area contributed by atoms with Crippen LogP contribution in [0.5, 0.6) is 0 Å². The van der Waals surface area contributed by atoms with Gasteiger partial charge in [0.1, 0.15) is 0 Å². The Morgan fingerprint density at radius 2 is 1.47 bits per heavy atom. The van der Waals surface area contributed by atoms with Crippen LogP contribution >= 0.6 is 12.2 Å². The predicted molar refractivity (Wildman–Crippen MR) is 130 cm³/mol. The third-order valence-electron chi connectivity index (χ3n) is 5.44. The van der Waals surface area contributed by atoms with Crippen LogP contribution in [-0.4, -0.2) is 35.4 Å². The number of aryl methyl sites for hydroxylation is 2. The third-order valence-corrected chi connectivity index (χ3v) is 5.84. The first-order valence-electron chi connectivity index (χ1n) is 10.6. The zero-order valence-corrected chi connectivity index (χ0v) is 18.9. The van der Waals surface area contributed by atoms with E-state index in [1.54, 1.807) is 0 Å². The van der Waals surface area contributed by atoms with Gasteiger partial charge in [0.25, 0.3) is 0 Å². The molecule has 0 bridgehead atoms. The number of carbonyl (C=O) groups excluding carboxylic acids is 1. The van der Waals surface area contributed by atoms with Crippen molar-refractivity contribution in [2.75, 3.05) is 19.6 Å². The second-order valence-electron chi connectivity index (χ2n) is 7.82. The van der Waals surface area contributed by atoms with Crippen LogP contribution in [0.25, 0.3) is 12.2 Å². The molecule has 1 N–H and O–H groups in total. The lowest BCUT2D eigenvalue weighted by atomic mass is 9.93. The van der Waals surface area contributed by atoms with Crippen LogP contribution in [0.2, 0.25) is 0 Å². The highest BCUT2D eigenvalue weighted by Gasteiger charge is 2.27. The maximum Gasteiger partial charge on any atom is 0.188 e. The minimum Gasteiger partial charge on any atom is -0.363 e. The fourth-order valence-electron chi connectivity index (χ4n) is 3.54. The van der Waals surface area contributed by atoms with E-state index in [2.05, 4.69) is 55.3 Å². The molecule has 0 saturated carbocycles. The maximum absolute atomic E-state index is 13.4. The summed E-state index contributed by atoms with van der Waals surface area (Å²) < 4.78 is 0. The number of thiocarbonyl (C=S) groups is 1. The zero-order chi connectivity index (χ0) is 21.5. The number of hydrogen-bond acceptors (Lipinski definition) is 2. The zero-order valence-electron chi connectivity index (χ0n) is 18.1. The Kier molecular flexibility index (Phi) is 7.58. The number of rotatable bonds is 5. The fraction of sp³-hybridized carbons (Fsp3) is 0.308. The van der Waals surface area contributed by atoms with Gasteiger partial charge in [-0.3, -0.25) is 4.79 Å². The van der Waals surface area contributed by atoms with Crippen molar-refractivity contribution in [1.29, 1.82) is 0 Å². The highest BCUT2D eigenvalue weighted by molar-refractivity contribution is 7.80. The van der Waals surface area contributed by atoms with E-state index in [4.69, 9.17) is 12.2 Å². The first kappa shape index (κ1) is 22.0. The molecule has 1 saturated heterocycles. The van der Waals surface area contributed by atoms with Gasteiger partial charge < -0.3 is 10.2 Å². The summed E-state index contributed by atoms with van der Waals surface area (Å²) in [5.74, 6) is 0.106. The van der Waals surface area contributed by atoms with Crippen molar-refractivity contribution >= 4 is 35.3 Å². The number of benzene rings is 2. The van der Waals surface area contributed by atoms with Crippen LogP contribution in [0.3, 0.4) is 0 Å². The van der Waals surface area contributed by atoms with Crippen molar-refractivity contribution in [3.63, 3.8) is 0 Å². The number of hydrogen-bond donors (Lipinski definition) is 1. The lowest BCUT2D eigenvalue weighted by molar-refractivity contribution is -0.113. The molecule has 0 unspecified atom stereocenters. The molecule has 0 amide bonds. The predicted octanol–water partition coefficient (Wildman–Crippen LogP) is 5.33. The van der Waals surface area contributed by atoms with Gasteiger partial charge in [0.15, 0.2) is 10.9 Å². The van der Waals surface area contributed by atoms with Crippen molar-refractivity contribution in [2.45, 2.75) is 33.6 Å². The molecule has 2 aromatic rings. The Hall–Kier alpha value is -2.72. The molecule has 1 aliphatic heterocycles. The van der Waals surface area contributed by atoms with Crippen molar-refractivity contribution in [3.05, 3.63) is 81.9 Å². The summed E-state index contributed by atoms with van der Waals surface area (Å²) >= 11 is 5.66. The van der Waals surface area contributed by atoms with E-state index in [0.29, 0.717) is 18.2 Å². The van der Waals surface area contributed by atoms with Crippen LogP contribution < -0.4 is 5.32 Å². The molecule has 30 heavy (non-hydrogen) atoms. The Balaban J connectivity index is 1.96. The smallest absolute Gasteiger partial charge is 0.188 e. The third kappa shape index (κ3) is 5.45. The Bertz CT molecular complexity index is 923. The molecule has 0 radical (unpaired) electrons. The summed E-state index contributed by atoms with van der Waals surface area (Å²) in [6.45, 7) is 8.20. The number of nitrogens with zero attached hydrogens (tertiary/aromatic N) is 1. The van der Waals surface area contributed by atoms with Gasteiger partial charge in [0, 0.05) is 30.8 Å². The molecule has 3 nitrogen and oxygen atoms in total. The van der Waals surface area contributed by atoms with Crippen LogP contribution in [0.15, 0.2) is 59.7 Å². The maximum atomic E-state index is 13.4. The van der Waals surface area contributed by atoms with Gasteiger partial charge in [-0.25, -0.2) is 0 Å². The standard InChI is InChI=1S/C26H30N2OS/c1-4-5-14-27-26(30)28-17-23(15-21-12-8-6-10-19(21)2)25(29)24(18-28)16-22-13-9-7-11-20(22)3/h6-13,15-16H,4-5,14,17-18H2,1-3H3,(H,27,30)/b23-15+,24-16+. The topological polar surface area (TPSA) is 32.3 Å². The monoisotopic (exact) mass is 418 g/mol. The van der Waals surface area contributed by atoms with Gasteiger partial charge in [-0.2, -0.15) is 0 Å². The molecule has 4 heteroatoms. The van der Waals surface area contributed by atoms with Crippen LogP contribution in [-0.2, 0) is 4.79 Å². The van der Waals surface area contributed by atoms with Crippen molar-refractivity contribution in [1.82, 2.24) is 10.2 Å². The molecule has 1 aliphatic rings. The Morgan fingerprint density at radius 3 is 1.93 bits per heavy atom. The lowest BCUT2D eigenvalue weighted by Crippen LogP contribution is -2.46. The number of nitrogens with one attached hydrogen (secondary N) is 1. The van der Waals surface area contributed by atoms with E-state index in [0.717, 1.165) is 52.8 Å². The number of piperidine rings is 1. The highest BCUT2D eigenvalue weighted by Crippen LogP contribution is 2.24. The molecule has 1 heterocycles. The van der Waals surface area contributed by atoms with E-state index in [-0.39, 0.29) is 5.78 Å². The lowest BCUT2D eigenvalue weighted by Gasteiger charge is -2.32. The van der Waals surface area contributed by atoms with E-state index in [1.807, 2.05) is 36.4 Å². The summed E-state index contributed by atoms with van der Waals surface area (Å²) in [7, 11) is 0. The molecule has 3 rings (SSSR count). The van der Waals surface area contributed by atoms with E-state index in [9.17, 15) is 4.79 Å². The van der Waals surface area contributed by atoms with Gasteiger partial charge in [-0.15, -0.1) is 0 Å². The van der Waals surface area contributed by atoms with Crippen LogP contribution in [0.1, 0.15) is 42.0 Å². The van der Waals surface area contributed by atoms with Crippen molar-refractivity contribution < 1.29 is 4.79 Å². The molecular weight excluding hydrogens is 388 g/mol. The fourth-order valence-corrected chi connectivity index (χ4v) is 3.77. The summed E-state index contributed by atoms with van der Waals surface area (Å²) in [6.07, 6.45) is 6.23. The Labute approximate surface area is 185 Å². The molecule has 0 atom stereocenters. The van der Waals surface area contributed by atoms with E-state index >= 15 is 0 Å². The van der Waals surface area contributed by atoms with Crippen LogP contribution in [0, 0.1) is 13.8 Å². The molecular formula is C26H30N2OS. The summed E-state index contributed by atoms with van der Waals surface area (Å²) in [5.41, 5.74) is 6.00. The first-order chi connectivity index (χ1) is 14.5. The molecule has 1 fully saturated rings. The second kappa shape index (κ2) is 10.4. The summed E-state index contributed by atoms with van der Waals surface area (Å²) in [5, 5.41) is 4.06. The van der Waals surface area contributed by atoms with Gasteiger partial charge in [0.05, 0.1) is 0 Å². The minimum atomic E-state index is 0.106.